The van der Waals surface area contributed by atoms with Gasteiger partial charge in [-0.15, -0.1) is 24.0 Å². The molecule has 0 unspecified atom stereocenters. The van der Waals surface area contributed by atoms with E-state index in [0.29, 0.717) is 25.5 Å². The SMILES string of the molecule is CN=C(NCCC(=O)N1CCN(c2ccccc2)CC1)NCc1ccc(OC)cc1.I. The maximum Gasteiger partial charge on any atom is 0.224 e. The molecule has 1 aliphatic rings. The molecule has 0 aliphatic carbocycles. The largest absolute Gasteiger partial charge is 0.497 e. The van der Waals surface area contributed by atoms with E-state index in [2.05, 4.69) is 32.7 Å². The molecule has 2 N–H and O–H groups in total. The summed E-state index contributed by atoms with van der Waals surface area (Å²) >= 11 is 0. The van der Waals surface area contributed by atoms with Crippen LogP contribution in [0.1, 0.15) is 12.0 Å². The molecule has 0 atom stereocenters. The van der Waals surface area contributed by atoms with Gasteiger partial charge in [0.2, 0.25) is 5.91 Å². The lowest BCUT2D eigenvalue weighted by Crippen LogP contribution is -2.49. The van der Waals surface area contributed by atoms with Crippen molar-refractivity contribution in [2.24, 2.45) is 4.99 Å². The second kappa shape index (κ2) is 13.0. The van der Waals surface area contributed by atoms with Crippen molar-refractivity contribution in [1.29, 1.82) is 0 Å². The number of ether oxygens (including phenoxy) is 1. The second-order valence-corrected chi connectivity index (χ2v) is 7.15. The highest BCUT2D eigenvalue weighted by Gasteiger charge is 2.20. The van der Waals surface area contributed by atoms with Gasteiger partial charge in [-0.05, 0) is 29.8 Å². The normalized spacial score (nSPS) is 13.9. The van der Waals surface area contributed by atoms with Crippen molar-refractivity contribution < 1.29 is 9.53 Å². The van der Waals surface area contributed by atoms with Crippen LogP contribution in [-0.4, -0.2) is 63.6 Å². The van der Waals surface area contributed by atoms with E-state index < -0.39 is 0 Å². The van der Waals surface area contributed by atoms with Gasteiger partial charge in [0, 0.05) is 58.4 Å². The lowest BCUT2D eigenvalue weighted by atomic mass is 10.2. The Labute approximate surface area is 201 Å². The number of guanidine groups is 1. The number of benzene rings is 2. The van der Waals surface area contributed by atoms with Gasteiger partial charge in [0.25, 0.3) is 0 Å². The second-order valence-electron chi connectivity index (χ2n) is 7.15. The molecule has 0 aromatic heterocycles. The fourth-order valence-electron chi connectivity index (χ4n) is 3.45. The van der Waals surface area contributed by atoms with Crippen molar-refractivity contribution in [3.8, 4) is 5.75 Å². The lowest BCUT2D eigenvalue weighted by molar-refractivity contribution is -0.131. The Hall–Kier alpha value is -2.49. The van der Waals surface area contributed by atoms with Crippen molar-refractivity contribution in [3.05, 3.63) is 60.2 Å². The Balaban J connectivity index is 0.00000341. The molecule has 168 valence electrons. The van der Waals surface area contributed by atoms with Crippen LogP contribution in [-0.2, 0) is 11.3 Å². The monoisotopic (exact) mass is 537 g/mol. The van der Waals surface area contributed by atoms with Crippen LogP contribution in [0, 0.1) is 0 Å². The molecule has 2 aromatic carbocycles. The Morgan fingerprint density at radius 1 is 1.00 bits per heavy atom. The molecule has 8 heteroatoms. The minimum Gasteiger partial charge on any atom is -0.497 e. The van der Waals surface area contributed by atoms with E-state index in [1.54, 1.807) is 14.2 Å². The first-order chi connectivity index (χ1) is 14.7. The molecule has 7 nitrogen and oxygen atoms in total. The third-order valence-corrected chi connectivity index (χ3v) is 5.23. The van der Waals surface area contributed by atoms with Gasteiger partial charge in [0.1, 0.15) is 5.75 Å². The average Bonchev–Trinajstić information content (AvgIpc) is 2.82. The summed E-state index contributed by atoms with van der Waals surface area (Å²) in [6, 6.07) is 18.2. The molecule has 1 aliphatic heterocycles. The fourth-order valence-corrected chi connectivity index (χ4v) is 3.45. The number of halogens is 1. The standard InChI is InChI=1S/C23H31N5O2.HI/c1-24-23(26-18-19-8-10-21(30-2)11-9-19)25-13-12-22(29)28-16-14-27(15-17-28)20-6-4-3-5-7-20;/h3-11H,12-18H2,1-2H3,(H2,24,25,26);1H. The molecule has 3 rings (SSSR count). The number of methoxy groups -OCH3 is 1. The van der Waals surface area contributed by atoms with E-state index in [-0.39, 0.29) is 29.9 Å². The lowest BCUT2D eigenvalue weighted by Gasteiger charge is -2.36. The van der Waals surface area contributed by atoms with Crippen LogP contribution >= 0.6 is 24.0 Å². The fraction of sp³-hybridized carbons (Fsp3) is 0.391. The minimum atomic E-state index is 0. The Kier molecular flexibility index (Phi) is 10.4. The molecule has 0 saturated carbocycles. The molecule has 0 radical (unpaired) electrons. The minimum absolute atomic E-state index is 0. The number of hydrogen-bond acceptors (Lipinski definition) is 4. The van der Waals surface area contributed by atoms with Crippen LogP contribution in [0.25, 0.3) is 0 Å². The van der Waals surface area contributed by atoms with Crippen molar-refractivity contribution in [3.63, 3.8) is 0 Å². The van der Waals surface area contributed by atoms with Crippen LogP contribution < -0.4 is 20.3 Å². The van der Waals surface area contributed by atoms with Gasteiger partial charge >= 0.3 is 0 Å². The Bertz CT molecular complexity index is 822. The highest BCUT2D eigenvalue weighted by molar-refractivity contribution is 14.0. The summed E-state index contributed by atoms with van der Waals surface area (Å²) in [5.41, 5.74) is 2.35. The van der Waals surface area contributed by atoms with Crippen molar-refractivity contribution in [2.75, 3.05) is 51.8 Å². The summed E-state index contributed by atoms with van der Waals surface area (Å²) in [5.74, 6) is 1.71. The van der Waals surface area contributed by atoms with Gasteiger partial charge in [-0.25, -0.2) is 0 Å². The zero-order valence-corrected chi connectivity index (χ0v) is 20.5. The van der Waals surface area contributed by atoms with Crippen LogP contribution in [0.5, 0.6) is 5.75 Å². The third-order valence-electron chi connectivity index (χ3n) is 5.23. The molecule has 1 saturated heterocycles. The number of piperazine rings is 1. The summed E-state index contributed by atoms with van der Waals surface area (Å²) in [7, 11) is 3.39. The van der Waals surface area contributed by atoms with E-state index in [9.17, 15) is 4.79 Å². The number of hydrogen-bond donors (Lipinski definition) is 2. The van der Waals surface area contributed by atoms with Crippen molar-refractivity contribution in [2.45, 2.75) is 13.0 Å². The molecule has 1 amide bonds. The van der Waals surface area contributed by atoms with Crippen LogP contribution in [0.2, 0.25) is 0 Å². The van der Waals surface area contributed by atoms with Gasteiger partial charge in [0.05, 0.1) is 7.11 Å². The zero-order valence-electron chi connectivity index (χ0n) is 18.2. The summed E-state index contributed by atoms with van der Waals surface area (Å²) in [6.45, 7) is 4.47. The first-order valence-corrected chi connectivity index (χ1v) is 10.3. The number of anilines is 1. The molecular formula is C23H32IN5O2. The van der Waals surface area contributed by atoms with Gasteiger partial charge in [-0.3, -0.25) is 9.79 Å². The van der Waals surface area contributed by atoms with Crippen molar-refractivity contribution in [1.82, 2.24) is 15.5 Å². The van der Waals surface area contributed by atoms with E-state index >= 15 is 0 Å². The van der Waals surface area contributed by atoms with E-state index in [1.165, 1.54) is 5.69 Å². The van der Waals surface area contributed by atoms with Gasteiger partial charge < -0.3 is 25.2 Å². The quantitative estimate of drug-likeness (QED) is 0.323. The first kappa shape index (κ1) is 24.8. The van der Waals surface area contributed by atoms with E-state index in [4.69, 9.17) is 4.74 Å². The molecule has 0 spiro atoms. The number of rotatable bonds is 7. The van der Waals surface area contributed by atoms with Crippen LogP contribution in [0.4, 0.5) is 5.69 Å². The molecule has 0 bridgehead atoms. The van der Waals surface area contributed by atoms with E-state index in [1.807, 2.05) is 47.4 Å². The molecule has 31 heavy (non-hydrogen) atoms. The summed E-state index contributed by atoms with van der Waals surface area (Å²) in [4.78, 5) is 21.1. The molecular weight excluding hydrogens is 505 g/mol. The van der Waals surface area contributed by atoms with Crippen LogP contribution in [0.3, 0.4) is 0 Å². The number of nitrogens with one attached hydrogen (secondary N) is 2. The summed E-state index contributed by atoms with van der Waals surface area (Å²) < 4.78 is 5.17. The van der Waals surface area contributed by atoms with E-state index in [0.717, 1.165) is 37.5 Å². The number of carbonyl (C=O) groups excluding carboxylic acids is 1. The van der Waals surface area contributed by atoms with Crippen molar-refractivity contribution >= 4 is 41.5 Å². The number of para-hydroxylation sites is 1. The molecule has 1 fully saturated rings. The van der Waals surface area contributed by atoms with Crippen LogP contribution in [0.15, 0.2) is 59.6 Å². The average molecular weight is 537 g/mol. The molecule has 1 heterocycles. The van der Waals surface area contributed by atoms with Gasteiger partial charge in [-0.2, -0.15) is 0 Å². The summed E-state index contributed by atoms with van der Waals surface area (Å²) in [6.07, 6.45) is 0.453. The highest BCUT2D eigenvalue weighted by atomic mass is 127. The topological polar surface area (TPSA) is 69.2 Å². The first-order valence-electron chi connectivity index (χ1n) is 10.3. The predicted molar refractivity (Wildman–Crippen MR) is 136 cm³/mol. The predicted octanol–water partition coefficient (Wildman–Crippen LogP) is 2.72. The van der Waals surface area contributed by atoms with Gasteiger partial charge in [-0.1, -0.05) is 30.3 Å². The third kappa shape index (κ3) is 7.61. The number of carbonyl (C=O) groups is 1. The molecule has 2 aromatic rings. The Morgan fingerprint density at radius 2 is 1.68 bits per heavy atom. The van der Waals surface area contributed by atoms with Gasteiger partial charge in [0.15, 0.2) is 5.96 Å². The number of nitrogens with zero attached hydrogens (tertiary/aromatic N) is 3. The number of amides is 1. The maximum atomic E-state index is 12.5. The Morgan fingerprint density at radius 3 is 2.29 bits per heavy atom. The number of aliphatic imine (C=N–C) groups is 1. The zero-order chi connectivity index (χ0) is 21.2. The highest BCUT2D eigenvalue weighted by Crippen LogP contribution is 2.15. The summed E-state index contributed by atoms with van der Waals surface area (Å²) in [5, 5.41) is 6.49. The smallest absolute Gasteiger partial charge is 0.224 e. The maximum absolute atomic E-state index is 12.5.